The first-order valence-electron chi connectivity index (χ1n) is 6.63. The topological polar surface area (TPSA) is 91.7 Å². The van der Waals surface area contributed by atoms with Gasteiger partial charge in [-0.3, -0.25) is 0 Å². The van der Waals surface area contributed by atoms with Crippen LogP contribution >= 0.6 is 0 Å². The van der Waals surface area contributed by atoms with E-state index >= 15 is 0 Å². The molecule has 2 unspecified atom stereocenters. The van der Waals surface area contributed by atoms with Gasteiger partial charge in [-0.05, 0) is 44.9 Å². The lowest BCUT2D eigenvalue weighted by Gasteiger charge is -2.21. The van der Waals surface area contributed by atoms with E-state index in [0.29, 0.717) is 0 Å². The molecular formula is C14H21FN2O4. The van der Waals surface area contributed by atoms with Gasteiger partial charge in [-0.2, -0.15) is 4.39 Å². The highest BCUT2D eigenvalue weighted by Gasteiger charge is 2.20. The van der Waals surface area contributed by atoms with E-state index in [1.807, 2.05) is 0 Å². The predicted molar refractivity (Wildman–Crippen MR) is 74.0 cm³/mol. The van der Waals surface area contributed by atoms with Crippen molar-refractivity contribution in [2.45, 2.75) is 45.0 Å². The fourth-order valence-corrected chi connectivity index (χ4v) is 1.62. The fraction of sp³-hybridized carbons (Fsp3) is 0.571. The second-order valence-corrected chi connectivity index (χ2v) is 5.64. The Morgan fingerprint density at radius 2 is 2.14 bits per heavy atom. The molecule has 3 N–H and O–H groups in total. The van der Waals surface area contributed by atoms with Crippen LogP contribution in [0.25, 0.3) is 0 Å². The van der Waals surface area contributed by atoms with Crippen LogP contribution in [0.4, 0.5) is 9.18 Å². The zero-order chi connectivity index (χ0) is 16.0. The second kappa shape index (κ2) is 7.33. The Morgan fingerprint density at radius 3 is 2.71 bits per heavy atom. The van der Waals surface area contributed by atoms with Crippen molar-refractivity contribution in [3.8, 4) is 0 Å². The number of aliphatic hydroxyl groups excluding tert-OH is 2. The van der Waals surface area contributed by atoms with E-state index in [1.54, 1.807) is 20.8 Å². The zero-order valence-electron chi connectivity index (χ0n) is 12.3. The number of nitrogens with zero attached hydrogens (tertiary/aromatic N) is 1. The highest BCUT2D eigenvalue weighted by atomic mass is 19.1. The van der Waals surface area contributed by atoms with Gasteiger partial charge in [0.25, 0.3) is 0 Å². The maximum Gasteiger partial charge on any atom is 0.407 e. The summed E-state index contributed by atoms with van der Waals surface area (Å²) in [5, 5.41) is 22.2. The summed E-state index contributed by atoms with van der Waals surface area (Å²) in [6.07, 6.45) is -1.67. The molecule has 0 aliphatic carbocycles. The van der Waals surface area contributed by atoms with Crippen molar-refractivity contribution in [3.63, 3.8) is 0 Å². The molecule has 0 radical (unpaired) electrons. The van der Waals surface area contributed by atoms with Crippen molar-refractivity contribution in [2.75, 3.05) is 6.54 Å². The van der Waals surface area contributed by atoms with Crippen LogP contribution in [0.5, 0.6) is 0 Å². The second-order valence-electron chi connectivity index (χ2n) is 5.64. The number of hydrogen-bond acceptors (Lipinski definition) is 5. The molecule has 0 saturated heterocycles. The molecule has 21 heavy (non-hydrogen) atoms. The van der Waals surface area contributed by atoms with Crippen molar-refractivity contribution >= 4 is 6.09 Å². The summed E-state index contributed by atoms with van der Waals surface area (Å²) in [4.78, 5) is 14.8. The van der Waals surface area contributed by atoms with Crippen LogP contribution in [-0.2, 0) is 4.74 Å². The van der Waals surface area contributed by atoms with Crippen molar-refractivity contribution in [3.05, 3.63) is 29.8 Å². The third kappa shape index (κ3) is 6.50. The monoisotopic (exact) mass is 300 g/mol. The van der Waals surface area contributed by atoms with Crippen LogP contribution in [0.15, 0.2) is 18.3 Å². The first-order chi connectivity index (χ1) is 9.69. The molecule has 0 aliphatic heterocycles. The van der Waals surface area contributed by atoms with E-state index in [-0.39, 0.29) is 18.5 Å². The first-order valence-corrected chi connectivity index (χ1v) is 6.63. The quantitative estimate of drug-likeness (QED) is 0.717. The molecule has 1 aromatic rings. The smallest absolute Gasteiger partial charge is 0.407 e. The summed E-state index contributed by atoms with van der Waals surface area (Å²) in [5.74, 6) is -0.731. The average molecular weight is 300 g/mol. The number of aromatic nitrogens is 1. The Labute approximate surface area is 123 Å². The fourth-order valence-electron chi connectivity index (χ4n) is 1.62. The Kier molecular flexibility index (Phi) is 6.04. The van der Waals surface area contributed by atoms with Gasteiger partial charge in [-0.25, -0.2) is 9.78 Å². The lowest BCUT2D eigenvalue weighted by Crippen LogP contribution is -2.34. The van der Waals surface area contributed by atoms with Crippen molar-refractivity contribution in [1.29, 1.82) is 0 Å². The van der Waals surface area contributed by atoms with E-state index < -0.39 is 29.8 Å². The normalized spacial score (nSPS) is 14.4. The number of nitrogens with one attached hydrogen (secondary N) is 1. The van der Waals surface area contributed by atoms with E-state index in [4.69, 9.17) is 4.74 Å². The molecule has 1 heterocycles. The third-order valence-electron chi connectivity index (χ3n) is 2.56. The minimum atomic E-state index is -1.25. The van der Waals surface area contributed by atoms with E-state index in [2.05, 4.69) is 10.3 Å². The summed E-state index contributed by atoms with van der Waals surface area (Å²) in [7, 11) is 0. The zero-order valence-corrected chi connectivity index (χ0v) is 12.3. The minimum Gasteiger partial charge on any atom is -0.444 e. The first kappa shape index (κ1) is 17.3. The SMILES string of the molecule is CC(C)(C)OC(=O)NCCC(O)C(O)c1ccnc(F)c1. The highest BCUT2D eigenvalue weighted by Crippen LogP contribution is 2.18. The number of hydrogen-bond donors (Lipinski definition) is 3. The molecule has 0 spiro atoms. The van der Waals surface area contributed by atoms with Crippen molar-refractivity contribution in [2.24, 2.45) is 0 Å². The number of alkyl carbamates (subject to hydrolysis) is 1. The van der Waals surface area contributed by atoms with Gasteiger partial charge < -0.3 is 20.3 Å². The minimum absolute atomic E-state index is 0.102. The average Bonchev–Trinajstić information content (AvgIpc) is 2.35. The van der Waals surface area contributed by atoms with Gasteiger partial charge in [0, 0.05) is 12.7 Å². The lowest BCUT2D eigenvalue weighted by atomic mass is 10.0. The maximum atomic E-state index is 12.9. The molecule has 6 nitrogen and oxygen atoms in total. The number of carbonyl (C=O) groups excluding carboxylic acids is 1. The molecule has 0 fully saturated rings. The number of carbonyl (C=O) groups is 1. The molecule has 7 heteroatoms. The molecule has 0 aromatic carbocycles. The summed E-state index contributed by atoms with van der Waals surface area (Å²) in [5.41, 5.74) is -0.371. The Morgan fingerprint density at radius 1 is 1.48 bits per heavy atom. The Balaban J connectivity index is 2.40. The summed E-state index contributed by atoms with van der Waals surface area (Å²) < 4.78 is 18.0. The van der Waals surface area contributed by atoms with Crippen LogP contribution < -0.4 is 5.32 Å². The molecule has 1 rings (SSSR count). The van der Waals surface area contributed by atoms with Gasteiger partial charge in [0.1, 0.15) is 11.7 Å². The van der Waals surface area contributed by atoms with Gasteiger partial charge in [0.15, 0.2) is 0 Å². The van der Waals surface area contributed by atoms with Gasteiger partial charge >= 0.3 is 6.09 Å². The predicted octanol–water partition coefficient (Wildman–Crippen LogP) is 1.53. The van der Waals surface area contributed by atoms with Gasteiger partial charge in [-0.1, -0.05) is 0 Å². The standard InChI is InChI=1S/C14H21FN2O4/c1-14(2,3)21-13(20)17-7-5-10(18)12(19)9-4-6-16-11(15)8-9/h4,6,8,10,12,18-19H,5,7H2,1-3H3,(H,17,20). The van der Waals surface area contributed by atoms with Gasteiger partial charge in [-0.15, -0.1) is 0 Å². The van der Waals surface area contributed by atoms with Crippen LogP contribution in [0, 0.1) is 5.95 Å². The van der Waals surface area contributed by atoms with Crippen molar-refractivity contribution < 1.29 is 24.1 Å². The highest BCUT2D eigenvalue weighted by molar-refractivity contribution is 5.67. The van der Waals surface area contributed by atoms with E-state index in [9.17, 15) is 19.4 Å². The Bertz CT molecular complexity index is 476. The molecular weight excluding hydrogens is 279 g/mol. The van der Waals surface area contributed by atoms with Crippen LogP contribution in [-0.4, -0.2) is 39.5 Å². The van der Waals surface area contributed by atoms with Crippen LogP contribution in [0.2, 0.25) is 0 Å². The number of halogens is 1. The van der Waals surface area contributed by atoms with Gasteiger partial charge in [0.2, 0.25) is 5.95 Å². The number of pyridine rings is 1. The number of rotatable bonds is 5. The molecule has 118 valence electrons. The summed E-state index contributed by atoms with van der Waals surface area (Å²) in [6.45, 7) is 5.34. The molecule has 0 aliphatic rings. The van der Waals surface area contributed by atoms with E-state index in [0.717, 1.165) is 6.07 Å². The number of ether oxygens (including phenoxy) is 1. The third-order valence-corrected chi connectivity index (χ3v) is 2.56. The molecule has 1 amide bonds. The van der Waals surface area contributed by atoms with Gasteiger partial charge in [0.05, 0.1) is 6.10 Å². The molecule has 0 saturated carbocycles. The summed E-state index contributed by atoms with van der Waals surface area (Å²) >= 11 is 0. The van der Waals surface area contributed by atoms with Crippen LogP contribution in [0.1, 0.15) is 38.9 Å². The van der Waals surface area contributed by atoms with Crippen molar-refractivity contribution in [1.82, 2.24) is 10.3 Å². The molecule has 0 bridgehead atoms. The number of aliphatic hydroxyl groups is 2. The largest absolute Gasteiger partial charge is 0.444 e. The van der Waals surface area contributed by atoms with Crippen LogP contribution in [0.3, 0.4) is 0 Å². The summed E-state index contributed by atoms with van der Waals surface area (Å²) in [6, 6.07) is 2.47. The lowest BCUT2D eigenvalue weighted by molar-refractivity contribution is 0.0121. The molecule has 1 aromatic heterocycles. The maximum absolute atomic E-state index is 12.9. The Hall–Kier alpha value is -1.73. The van der Waals surface area contributed by atoms with E-state index in [1.165, 1.54) is 12.3 Å². The number of amides is 1. The molecule has 2 atom stereocenters.